The summed E-state index contributed by atoms with van der Waals surface area (Å²) in [5.41, 5.74) is 2.64. The van der Waals surface area contributed by atoms with Gasteiger partial charge in [-0.2, -0.15) is 0 Å². The Labute approximate surface area is 181 Å². The molecule has 2 aliphatic rings. The molecular formula is C22H26ClN5O2. The lowest BCUT2D eigenvalue weighted by molar-refractivity contribution is -0.117. The highest BCUT2D eigenvalue weighted by molar-refractivity contribution is 6.30. The number of aromatic nitrogens is 3. The van der Waals surface area contributed by atoms with E-state index >= 15 is 0 Å². The number of carbonyl (C=O) groups is 1. The molecule has 2 aromatic rings. The first-order chi connectivity index (χ1) is 14.4. The predicted molar refractivity (Wildman–Crippen MR) is 116 cm³/mol. The molecule has 1 aromatic carbocycles. The van der Waals surface area contributed by atoms with Crippen LogP contribution in [0, 0.1) is 12.8 Å². The van der Waals surface area contributed by atoms with Crippen LogP contribution in [-0.4, -0.2) is 45.5 Å². The quantitative estimate of drug-likeness (QED) is 0.783. The van der Waals surface area contributed by atoms with Gasteiger partial charge in [0.25, 0.3) is 5.91 Å². The maximum atomic E-state index is 12.7. The minimum Gasteiger partial charge on any atom is -0.395 e. The van der Waals surface area contributed by atoms with Gasteiger partial charge in [0.15, 0.2) is 0 Å². The van der Waals surface area contributed by atoms with Crippen molar-refractivity contribution < 1.29 is 9.90 Å². The van der Waals surface area contributed by atoms with Crippen LogP contribution in [0.2, 0.25) is 5.02 Å². The first kappa shape index (κ1) is 20.6. The number of fused-ring (bicyclic) bond motifs is 3. The summed E-state index contributed by atoms with van der Waals surface area (Å²) in [6, 6.07) is 7.74. The molecule has 8 heteroatoms. The molecule has 158 valence electrons. The molecule has 0 fully saturated rings. The molecule has 0 bridgehead atoms. The Balaban J connectivity index is 1.84. The van der Waals surface area contributed by atoms with E-state index in [0.29, 0.717) is 17.1 Å². The number of halogens is 1. The number of aliphatic hydroxyl groups excluding tert-OH is 1. The van der Waals surface area contributed by atoms with Gasteiger partial charge in [0.1, 0.15) is 11.6 Å². The van der Waals surface area contributed by atoms with Crippen molar-refractivity contribution in [3.63, 3.8) is 0 Å². The molecule has 0 spiro atoms. The van der Waals surface area contributed by atoms with E-state index in [1.807, 2.05) is 43.3 Å². The minimum atomic E-state index is -0.184. The normalized spacial score (nSPS) is 23.1. The molecule has 30 heavy (non-hydrogen) atoms. The van der Waals surface area contributed by atoms with Crippen LogP contribution < -0.4 is 10.2 Å². The molecular weight excluding hydrogens is 402 g/mol. The molecule has 2 heterocycles. The number of allylic oxidation sites excluding steroid dienone is 2. The summed E-state index contributed by atoms with van der Waals surface area (Å²) >= 11 is 6.12. The third-order valence-electron chi connectivity index (χ3n) is 5.72. The SMILES string of the molecule is Cc1nnc2n1C1C(=CC(C(=O)NCCO)=CC1C)N(c1ccc(Cl)cc1)CC2C. The fourth-order valence-corrected chi connectivity index (χ4v) is 4.48. The Kier molecular flexibility index (Phi) is 5.66. The fourth-order valence-electron chi connectivity index (χ4n) is 4.36. The minimum absolute atomic E-state index is 0.0231. The Bertz CT molecular complexity index is 1010. The molecule has 2 N–H and O–H groups in total. The second-order valence-corrected chi connectivity index (χ2v) is 8.37. The standard InChI is InChI=1S/C22H26ClN5O2/c1-13-10-16(22(30)24-8-9-29)11-19-20(13)28-15(3)25-26-21(28)14(2)12-27(19)18-6-4-17(23)5-7-18/h4-7,10-11,13-14,20,29H,8-9,12H2,1-3H3,(H,24,30). The average Bonchev–Trinajstić information content (AvgIpc) is 3.05. The number of benzene rings is 1. The van der Waals surface area contributed by atoms with Gasteiger partial charge in [0, 0.05) is 46.9 Å². The van der Waals surface area contributed by atoms with Crippen LogP contribution in [0.15, 0.2) is 47.7 Å². The van der Waals surface area contributed by atoms with E-state index in [2.05, 4.69) is 38.8 Å². The largest absolute Gasteiger partial charge is 0.395 e. The Hall–Kier alpha value is -2.64. The highest BCUT2D eigenvalue weighted by Gasteiger charge is 2.38. The van der Waals surface area contributed by atoms with Gasteiger partial charge in [-0.1, -0.05) is 31.5 Å². The van der Waals surface area contributed by atoms with Crippen LogP contribution in [-0.2, 0) is 4.79 Å². The van der Waals surface area contributed by atoms with Crippen molar-refractivity contribution >= 4 is 23.2 Å². The molecule has 1 amide bonds. The summed E-state index contributed by atoms with van der Waals surface area (Å²) in [6.45, 7) is 7.07. The Morgan fingerprint density at radius 3 is 2.70 bits per heavy atom. The number of amides is 1. The molecule has 0 saturated carbocycles. The van der Waals surface area contributed by atoms with Crippen molar-refractivity contribution in [1.82, 2.24) is 20.1 Å². The lowest BCUT2D eigenvalue weighted by Crippen LogP contribution is -2.35. The van der Waals surface area contributed by atoms with Crippen LogP contribution >= 0.6 is 11.6 Å². The Morgan fingerprint density at radius 2 is 2.00 bits per heavy atom. The fraction of sp³-hybridized carbons (Fsp3) is 0.409. The number of aryl methyl sites for hydroxylation is 1. The zero-order valence-corrected chi connectivity index (χ0v) is 18.1. The summed E-state index contributed by atoms with van der Waals surface area (Å²) in [4.78, 5) is 14.9. The van der Waals surface area contributed by atoms with E-state index < -0.39 is 0 Å². The molecule has 3 atom stereocenters. The van der Waals surface area contributed by atoms with Crippen LogP contribution in [0.1, 0.15) is 37.5 Å². The van der Waals surface area contributed by atoms with Crippen molar-refractivity contribution in [3.05, 3.63) is 64.4 Å². The Morgan fingerprint density at radius 1 is 1.27 bits per heavy atom. The first-order valence-corrected chi connectivity index (χ1v) is 10.6. The topological polar surface area (TPSA) is 83.3 Å². The van der Waals surface area contributed by atoms with Crippen molar-refractivity contribution in [1.29, 1.82) is 0 Å². The third-order valence-corrected chi connectivity index (χ3v) is 5.98. The van der Waals surface area contributed by atoms with Crippen LogP contribution in [0.25, 0.3) is 0 Å². The van der Waals surface area contributed by atoms with Crippen LogP contribution in [0.4, 0.5) is 5.69 Å². The molecule has 1 aliphatic heterocycles. The zero-order valence-electron chi connectivity index (χ0n) is 17.3. The third kappa shape index (κ3) is 3.63. The number of anilines is 1. The zero-order chi connectivity index (χ0) is 21.4. The molecule has 4 rings (SSSR count). The van der Waals surface area contributed by atoms with Crippen molar-refractivity contribution in [3.8, 4) is 0 Å². The predicted octanol–water partition coefficient (Wildman–Crippen LogP) is 2.97. The lowest BCUT2D eigenvalue weighted by Gasteiger charge is -2.36. The number of rotatable bonds is 4. The molecule has 1 aromatic heterocycles. The molecule has 0 radical (unpaired) electrons. The number of carbonyl (C=O) groups excluding carboxylic acids is 1. The summed E-state index contributed by atoms with van der Waals surface area (Å²) in [5.74, 6) is 1.82. The average molecular weight is 428 g/mol. The number of hydrogen-bond acceptors (Lipinski definition) is 5. The summed E-state index contributed by atoms with van der Waals surface area (Å²) < 4.78 is 2.20. The van der Waals surface area contributed by atoms with E-state index in [-0.39, 0.29) is 36.9 Å². The first-order valence-electron chi connectivity index (χ1n) is 10.2. The number of nitrogens with zero attached hydrogens (tertiary/aromatic N) is 4. The summed E-state index contributed by atoms with van der Waals surface area (Å²) in [6.07, 6.45) is 3.94. The molecule has 1 aliphatic carbocycles. The summed E-state index contributed by atoms with van der Waals surface area (Å²) in [5, 5.41) is 21.3. The van der Waals surface area contributed by atoms with Gasteiger partial charge < -0.3 is 19.9 Å². The van der Waals surface area contributed by atoms with E-state index in [1.54, 1.807) is 0 Å². The van der Waals surface area contributed by atoms with Crippen molar-refractivity contribution in [2.45, 2.75) is 32.7 Å². The number of nitrogens with one attached hydrogen (secondary N) is 1. The lowest BCUT2D eigenvalue weighted by atomic mass is 9.88. The van der Waals surface area contributed by atoms with E-state index in [4.69, 9.17) is 16.7 Å². The van der Waals surface area contributed by atoms with E-state index in [9.17, 15) is 4.79 Å². The maximum absolute atomic E-state index is 12.7. The van der Waals surface area contributed by atoms with E-state index in [1.165, 1.54) is 0 Å². The monoisotopic (exact) mass is 427 g/mol. The molecule has 7 nitrogen and oxygen atoms in total. The second kappa shape index (κ2) is 8.24. The summed E-state index contributed by atoms with van der Waals surface area (Å²) in [7, 11) is 0. The van der Waals surface area contributed by atoms with E-state index in [0.717, 1.165) is 23.0 Å². The van der Waals surface area contributed by atoms with Gasteiger partial charge in [-0.3, -0.25) is 4.79 Å². The van der Waals surface area contributed by atoms with Crippen LogP contribution in [0.5, 0.6) is 0 Å². The van der Waals surface area contributed by atoms with Crippen molar-refractivity contribution in [2.24, 2.45) is 5.92 Å². The smallest absolute Gasteiger partial charge is 0.251 e. The van der Waals surface area contributed by atoms with Crippen LogP contribution in [0.3, 0.4) is 0 Å². The van der Waals surface area contributed by atoms with Crippen molar-refractivity contribution in [2.75, 3.05) is 24.6 Å². The number of hydrogen-bond donors (Lipinski definition) is 2. The highest BCUT2D eigenvalue weighted by Crippen LogP contribution is 2.42. The molecule has 0 saturated heterocycles. The van der Waals surface area contributed by atoms with Gasteiger partial charge in [0.05, 0.1) is 12.6 Å². The van der Waals surface area contributed by atoms with Gasteiger partial charge >= 0.3 is 0 Å². The second-order valence-electron chi connectivity index (χ2n) is 7.94. The van der Waals surface area contributed by atoms with Gasteiger partial charge in [-0.25, -0.2) is 0 Å². The maximum Gasteiger partial charge on any atom is 0.251 e. The number of aliphatic hydroxyl groups is 1. The molecule has 3 unspecified atom stereocenters. The van der Waals surface area contributed by atoms with Gasteiger partial charge in [-0.05, 0) is 37.3 Å². The van der Waals surface area contributed by atoms with Gasteiger partial charge in [0.2, 0.25) is 0 Å². The highest BCUT2D eigenvalue weighted by atomic mass is 35.5. The van der Waals surface area contributed by atoms with Gasteiger partial charge in [-0.15, -0.1) is 10.2 Å².